The summed E-state index contributed by atoms with van der Waals surface area (Å²) in [6.45, 7) is 3.11. The average Bonchev–Trinajstić information content (AvgIpc) is 2.24. The van der Waals surface area contributed by atoms with E-state index in [4.69, 9.17) is 11.6 Å². The normalized spacial score (nSPS) is 14.9. The third kappa shape index (κ3) is 6.95. The van der Waals surface area contributed by atoms with Gasteiger partial charge in [-0.05, 0) is 13.3 Å². The molecule has 0 saturated carbocycles. The molecule has 0 saturated heterocycles. The van der Waals surface area contributed by atoms with E-state index in [0.29, 0.717) is 12.3 Å². The molecule has 1 atom stereocenters. The minimum absolute atomic E-state index is 0.00173. The lowest BCUT2D eigenvalue weighted by Gasteiger charge is -2.27. The van der Waals surface area contributed by atoms with Crippen LogP contribution in [0.25, 0.3) is 0 Å². The van der Waals surface area contributed by atoms with Crippen molar-refractivity contribution in [3.05, 3.63) is 0 Å². The number of hydrogen-bond donors (Lipinski definition) is 1. The Kier molecular flexibility index (Phi) is 7.58. The van der Waals surface area contributed by atoms with Gasteiger partial charge in [0.15, 0.2) is 0 Å². The summed E-state index contributed by atoms with van der Waals surface area (Å²) in [6, 6.07) is 0. The molecule has 0 aromatic rings. The van der Waals surface area contributed by atoms with Gasteiger partial charge in [0, 0.05) is 12.3 Å². The van der Waals surface area contributed by atoms with E-state index in [2.05, 4.69) is 10.1 Å². The van der Waals surface area contributed by atoms with Gasteiger partial charge in [-0.3, -0.25) is 4.79 Å². The van der Waals surface area contributed by atoms with Gasteiger partial charge in [-0.25, -0.2) is 8.78 Å². The minimum atomic E-state index is -2.49. The highest BCUT2D eigenvalue weighted by molar-refractivity contribution is 6.18. The molecule has 0 fully saturated rings. The second kappa shape index (κ2) is 7.79. The Morgan fingerprint density at radius 3 is 2.62 bits per heavy atom. The lowest BCUT2D eigenvalue weighted by molar-refractivity contribution is -0.124. The van der Waals surface area contributed by atoms with Crippen molar-refractivity contribution in [1.29, 1.82) is 0 Å². The predicted octanol–water partition coefficient (Wildman–Crippen LogP) is 2.18. The van der Waals surface area contributed by atoms with Crippen molar-refractivity contribution in [1.82, 2.24) is 5.32 Å². The molecular weight excluding hydrogens is 240 g/mol. The fraction of sp³-hybridized carbons (Fsp3) is 0.900. The van der Waals surface area contributed by atoms with Crippen molar-refractivity contribution in [3.63, 3.8) is 0 Å². The summed E-state index contributed by atoms with van der Waals surface area (Å²) in [5, 5.41) is 2.74. The predicted molar refractivity (Wildman–Crippen MR) is 59.0 cm³/mol. The number of halogens is 3. The number of carbonyl (C=O) groups is 1. The SMILES string of the molecule is CCC(C)(CCl)NC(=O)CCOCC(F)F. The zero-order valence-corrected chi connectivity index (χ0v) is 10.3. The number of amides is 1. The van der Waals surface area contributed by atoms with E-state index in [1.807, 2.05) is 13.8 Å². The Labute approximate surface area is 99.5 Å². The van der Waals surface area contributed by atoms with Gasteiger partial charge in [0.2, 0.25) is 5.91 Å². The number of carbonyl (C=O) groups excluding carboxylic acids is 1. The zero-order valence-electron chi connectivity index (χ0n) is 9.56. The molecule has 1 unspecified atom stereocenters. The quantitative estimate of drug-likeness (QED) is 0.535. The van der Waals surface area contributed by atoms with Crippen molar-refractivity contribution >= 4 is 17.5 Å². The fourth-order valence-corrected chi connectivity index (χ4v) is 1.21. The lowest BCUT2D eigenvalue weighted by atomic mass is 10.0. The molecule has 0 rings (SSSR count). The molecule has 0 aliphatic carbocycles. The van der Waals surface area contributed by atoms with Gasteiger partial charge < -0.3 is 10.1 Å². The number of rotatable bonds is 8. The monoisotopic (exact) mass is 257 g/mol. The van der Waals surface area contributed by atoms with Gasteiger partial charge in [0.1, 0.15) is 6.61 Å². The molecule has 0 aliphatic rings. The molecule has 1 amide bonds. The number of hydrogen-bond acceptors (Lipinski definition) is 2. The van der Waals surface area contributed by atoms with Crippen LogP contribution in [0, 0.1) is 0 Å². The van der Waals surface area contributed by atoms with Crippen LogP contribution in [0.15, 0.2) is 0 Å². The van der Waals surface area contributed by atoms with E-state index >= 15 is 0 Å². The van der Waals surface area contributed by atoms with E-state index in [9.17, 15) is 13.6 Å². The Balaban J connectivity index is 3.73. The van der Waals surface area contributed by atoms with Crippen molar-refractivity contribution in [2.24, 2.45) is 0 Å². The number of alkyl halides is 3. The Bertz CT molecular complexity index is 211. The van der Waals surface area contributed by atoms with Crippen molar-refractivity contribution in [3.8, 4) is 0 Å². The van der Waals surface area contributed by atoms with Crippen molar-refractivity contribution < 1.29 is 18.3 Å². The van der Waals surface area contributed by atoms with Gasteiger partial charge in [0.05, 0.1) is 12.1 Å². The summed E-state index contributed by atoms with van der Waals surface area (Å²) in [5.74, 6) is 0.0758. The van der Waals surface area contributed by atoms with E-state index in [0.717, 1.165) is 0 Å². The highest BCUT2D eigenvalue weighted by Crippen LogP contribution is 2.11. The van der Waals surface area contributed by atoms with Crippen LogP contribution in [0.2, 0.25) is 0 Å². The van der Waals surface area contributed by atoms with Gasteiger partial charge >= 0.3 is 0 Å². The van der Waals surface area contributed by atoms with Crippen LogP contribution in [-0.4, -0.2) is 37.0 Å². The second-order valence-electron chi connectivity index (χ2n) is 3.81. The standard InChI is InChI=1S/C10H18ClF2NO2/c1-3-10(2,7-11)14-9(15)4-5-16-6-8(12)13/h8H,3-7H2,1-2H3,(H,14,15). The van der Waals surface area contributed by atoms with Crippen LogP contribution in [0.3, 0.4) is 0 Å². The Morgan fingerprint density at radius 2 is 2.19 bits per heavy atom. The van der Waals surface area contributed by atoms with E-state index in [1.54, 1.807) is 0 Å². The summed E-state index contributed by atoms with van der Waals surface area (Å²) >= 11 is 5.71. The molecule has 3 nitrogen and oxygen atoms in total. The Morgan fingerprint density at radius 1 is 1.56 bits per heavy atom. The number of nitrogens with one attached hydrogen (secondary N) is 1. The van der Waals surface area contributed by atoms with Crippen LogP contribution in [0.5, 0.6) is 0 Å². The summed E-state index contributed by atoms with van der Waals surface area (Å²) < 4.78 is 28.0. The van der Waals surface area contributed by atoms with Crippen LogP contribution >= 0.6 is 11.6 Å². The van der Waals surface area contributed by atoms with E-state index in [-0.39, 0.29) is 18.9 Å². The second-order valence-corrected chi connectivity index (χ2v) is 4.08. The third-order valence-corrected chi connectivity index (χ3v) is 2.82. The summed E-state index contributed by atoms with van der Waals surface area (Å²) in [4.78, 5) is 11.4. The minimum Gasteiger partial charge on any atom is -0.375 e. The van der Waals surface area contributed by atoms with Crippen molar-refractivity contribution in [2.75, 3.05) is 19.1 Å². The smallest absolute Gasteiger partial charge is 0.261 e. The lowest BCUT2D eigenvalue weighted by Crippen LogP contribution is -2.47. The zero-order chi connectivity index (χ0) is 12.6. The van der Waals surface area contributed by atoms with Crippen LogP contribution in [0.1, 0.15) is 26.7 Å². The largest absolute Gasteiger partial charge is 0.375 e. The average molecular weight is 258 g/mol. The molecule has 0 aliphatic heterocycles. The van der Waals surface area contributed by atoms with Gasteiger partial charge in [-0.15, -0.1) is 11.6 Å². The molecule has 0 heterocycles. The maximum atomic E-state index is 11.7. The first kappa shape index (κ1) is 15.6. The summed E-state index contributed by atoms with van der Waals surface area (Å²) in [6.07, 6.45) is -1.72. The molecule has 0 aromatic carbocycles. The van der Waals surface area contributed by atoms with Gasteiger partial charge in [0.25, 0.3) is 6.43 Å². The van der Waals surface area contributed by atoms with Crippen LogP contribution in [0.4, 0.5) is 8.78 Å². The van der Waals surface area contributed by atoms with Crippen LogP contribution < -0.4 is 5.32 Å². The van der Waals surface area contributed by atoms with E-state index < -0.39 is 18.6 Å². The molecule has 0 aromatic heterocycles. The van der Waals surface area contributed by atoms with Gasteiger partial charge in [-0.1, -0.05) is 6.92 Å². The van der Waals surface area contributed by atoms with Crippen molar-refractivity contribution in [2.45, 2.75) is 38.7 Å². The van der Waals surface area contributed by atoms with Crippen LogP contribution in [-0.2, 0) is 9.53 Å². The molecule has 0 bridgehead atoms. The fourth-order valence-electron chi connectivity index (χ4n) is 0.953. The maximum absolute atomic E-state index is 11.7. The summed E-state index contributed by atoms with van der Waals surface area (Å²) in [7, 11) is 0. The van der Waals surface area contributed by atoms with E-state index in [1.165, 1.54) is 0 Å². The first-order valence-electron chi connectivity index (χ1n) is 5.16. The maximum Gasteiger partial charge on any atom is 0.261 e. The molecular formula is C10H18ClF2NO2. The molecule has 96 valence electrons. The molecule has 0 spiro atoms. The number of ether oxygens (including phenoxy) is 1. The van der Waals surface area contributed by atoms with Gasteiger partial charge in [-0.2, -0.15) is 0 Å². The highest BCUT2D eigenvalue weighted by Gasteiger charge is 2.22. The first-order valence-corrected chi connectivity index (χ1v) is 5.70. The Hall–Kier alpha value is -0.420. The molecule has 1 N–H and O–H groups in total. The third-order valence-electron chi connectivity index (χ3n) is 2.23. The molecule has 6 heteroatoms. The highest BCUT2D eigenvalue weighted by atomic mass is 35.5. The topological polar surface area (TPSA) is 38.3 Å². The first-order chi connectivity index (χ1) is 7.43. The summed E-state index contributed by atoms with van der Waals surface area (Å²) in [5.41, 5.74) is -0.443. The molecule has 0 radical (unpaired) electrons. The molecule has 16 heavy (non-hydrogen) atoms.